The third-order valence-electron chi connectivity index (χ3n) is 3.01. The Morgan fingerprint density at radius 2 is 2.11 bits per heavy atom. The zero-order valence-corrected chi connectivity index (χ0v) is 11.3. The molecule has 1 aliphatic heterocycles. The highest BCUT2D eigenvalue weighted by molar-refractivity contribution is 5.67. The number of carbonyl (C=O) groups is 1. The number of hydrogen-bond donors (Lipinski definition) is 1. The molecule has 0 aromatic carbocycles. The highest BCUT2D eigenvalue weighted by atomic mass is 16.5. The van der Waals surface area contributed by atoms with Gasteiger partial charge in [0.15, 0.2) is 0 Å². The van der Waals surface area contributed by atoms with Crippen LogP contribution in [-0.4, -0.2) is 47.5 Å². The van der Waals surface area contributed by atoms with E-state index >= 15 is 0 Å². The predicted molar refractivity (Wildman–Crippen MR) is 67.1 cm³/mol. The minimum Gasteiger partial charge on any atom is -0.481 e. The summed E-state index contributed by atoms with van der Waals surface area (Å²) in [4.78, 5) is 17.1. The Morgan fingerprint density at radius 1 is 1.42 bits per heavy atom. The predicted octanol–water partition coefficient (Wildman–Crippen LogP) is 0.950. The minimum atomic E-state index is -0.821. The monoisotopic (exact) mass is 269 g/mol. The molecule has 0 amide bonds. The van der Waals surface area contributed by atoms with Gasteiger partial charge in [0.2, 0.25) is 5.89 Å². The fourth-order valence-corrected chi connectivity index (χ4v) is 2.09. The third kappa shape index (κ3) is 3.92. The second-order valence-electron chi connectivity index (χ2n) is 5.50. The molecule has 2 heterocycles. The van der Waals surface area contributed by atoms with E-state index in [-0.39, 0.29) is 6.42 Å². The average Bonchev–Trinajstić information content (AvgIpc) is 2.76. The SMILES string of the molecule is CC(C)(CC(=O)O)Cc1nc(N2CCOCC2)no1. The zero-order chi connectivity index (χ0) is 13.9. The van der Waals surface area contributed by atoms with E-state index in [1.165, 1.54) is 0 Å². The number of ether oxygens (including phenoxy) is 1. The average molecular weight is 269 g/mol. The molecule has 1 aliphatic rings. The van der Waals surface area contributed by atoms with Crippen LogP contribution >= 0.6 is 0 Å². The standard InChI is InChI=1S/C12H19N3O4/c1-12(2,8-10(16)17)7-9-13-11(14-19-9)15-3-5-18-6-4-15/h3-8H2,1-2H3,(H,16,17). The summed E-state index contributed by atoms with van der Waals surface area (Å²) in [5.74, 6) is 0.218. The minimum absolute atomic E-state index is 0.0717. The molecule has 0 bridgehead atoms. The number of carboxylic acid groups (broad SMARTS) is 1. The quantitative estimate of drug-likeness (QED) is 0.851. The van der Waals surface area contributed by atoms with Crippen LogP contribution in [0.5, 0.6) is 0 Å². The van der Waals surface area contributed by atoms with Crippen LogP contribution in [0.25, 0.3) is 0 Å². The van der Waals surface area contributed by atoms with Gasteiger partial charge >= 0.3 is 5.97 Å². The van der Waals surface area contributed by atoms with Crippen LogP contribution in [0.1, 0.15) is 26.2 Å². The molecule has 106 valence electrons. The van der Waals surface area contributed by atoms with E-state index in [2.05, 4.69) is 10.1 Å². The van der Waals surface area contributed by atoms with Gasteiger partial charge in [-0.1, -0.05) is 13.8 Å². The van der Waals surface area contributed by atoms with Crippen molar-refractivity contribution in [3.63, 3.8) is 0 Å². The van der Waals surface area contributed by atoms with Gasteiger partial charge in [0.1, 0.15) is 0 Å². The van der Waals surface area contributed by atoms with Gasteiger partial charge in [0.25, 0.3) is 5.95 Å². The fraction of sp³-hybridized carbons (Fsp3) is 0.750. The number of hydrogen-bond acceptors (Lipinski definition) is 6. The van der Waals surface area contributed by atoms with Gasteiger partial charge < -0.3 is 19.3 Å². The lowest BCUT2D eigenvalue weighted by molar-refractivity contribution is -0.139. The maximum atomic E-state index is 10.8. The van der Waals surface area contributed by atoms with Crippen LogP contribution < -0.4 is 4.90 Å². The first-order valence-electron chi connectivity index (χ1n) is 6.33. The lowest BCUT2D eigenvalue weighted by atomic mass is 9.86. The number of aliphatic carboxylic acids is 1. The van der Waals surface area contributed by atoms with Crippen molar-refractivity contribution in [2.24, 2.45) is 5.41 Å². The van der Waals surface area contributed by atoms with Crippen molar-refractivity contribution in [3.8, 4) is 0 Å². The summed E-state index contributed by atoms with van der Waals surface area (Å²) in [5, 5.41) is 12.8. The lowest BCUT2D eigenvalue weighted by Gasteiger charge is -2.24. The Bertz CT molecular complexity index is 438. The van der Waals surface area contributed by atoms with Crippen LogP contribution in [0.2, 0.25) is 0 Å². The second kappa shape index (κ2) is 5.56. The molecule has 1 saturated heterocycles. The van der Waals surface area contributed by atoms with Crippen molar-refractivity contribution in [2.75, 3.05) is 31.2 Å². The highest BCUT2D eigenvalue weighted by Crippen LogP contribution is 2.26. The molecule has 0 saturated carbocycles. The van der Waals surface area contributed by atoms with Crippen LogP contribution in [0.15, 0.2) is 4.52 Å². The van der Waals surface area contributed by atoms with Crippen molar-refractivity contribution < 1.29 is 19.2 Å². The third-order valence-corrected chi connectivity index (χ3v) is 3.01. The van der Waals surface area contributed by atoms with Gasteiger partial charge in [-0.2, -0.15) is 4.98 Å². The number of morpholine rings is 1. The molecule has 0 radical (unpaired) electrons. The highest BCUT2D eigenvalue weighted by Gasteiger charge is 2.26. The van der Waals surface area contributed by atoms with Gasteiger partial charge in [-0.15, -0.1) is 0 Å². The normalized spacial score (nSPS) is 16.6. The van der Waals surface area contributed by atoms with E-state index in [0.29, 0.717) is 31.5 Å². The Kier molecular flexibility index (Phi) is 4.04. The first-order valence-corrected chi connectivity index (χ1v) is 6.33. The molecule has 0 unspecified atom stereocenters. The molecule has 1 fully saturated rings. The van der Waals surface area contributed by atoms with Crippen LogP contribution in [0.4, 0.5) is 5.95 Å². The summed E-state index contributed by atoms with van der Waals surface area (Å²) in [6, 6.07) is 0. The summed E-state index contributed by atoms with van der Waals surface area (Å²) < 4.78 is 10.5. The van der Waals surface area contributed by atoms with Crippen molar-refractivity contribution in [2.45, 2.75) is 26.7 Å². The molecular formula is C12H19N3O4. The zero-order valence-electron chi connectivity index (χ0n) is 11.3. The number of anilines is 1. The molecule has 19 heavy (non-hydrogen) atoms. The summed E-state index contributed by atoms with van der Waals surface area (Å²) in [6.45, 7) is 6.57. The molecule has 7 nitrogen and oxygen atoms in total. The first kappa shape index (κ1) is 13.8. The van der Waals surface area contributed by atoms with Crippen LogP contribution in [0.3, 0.4) is 0 Å². The summed E-state index contributed by atoms with van der Waals surface area (Å²) in [7, 11) is 0. The molecular weight excluding hydrogens is 250 g/mol. The molecule has 0 spiro atoms. The summed E-state index contributed by atoms with van der Waals surface area (Å²) in [5.41, 5.74) is -0.402. The summed E-state index contributed by atoms with van der Waals surface area (Å²) in [6.07, 6.45) is 0.527. The van der Waals surface area contributed by atoms with E-state index in [0.717, 1.165) is 13.1 Å². The van der Waals surface area contributed by atoms with Crippen LogP contribution in [-0.2, 0) is 16.0 Å². The molecule has 7 heteroatoms. The second-order valence-corrected chi connectivity index (χ2v) is 5.50. The first-order chi connectivity index (χ1) is 8.96. The Labute approximate surface area is 111 Å². The number of nitrogens with zero attached hydrogens (tertiary/aromatic N) is 3. The van der Waals surface area contributed by atoms with Crippen molar-refractivity contribution in [1.82, 2.24) is 10.1 Å². The van der Waals surface area contributed by atoms with Gasteiger partial charge in [0.05, 0.1) is 19.6 Å². The van der Waals surface area contributed by atoms with Gasteiger partial charge in [-0.05, 0) is 10.6 Å². The maximum absolute atomic E-state index is 10.8. The Balaban J connectivity index is 1.98. The van der Waals surface area contributed by atoms with E-state index in [1.54, 1.807) is 0 Å². The molecule has 1 aromatic rings. The fourth-order valence-electron chi connectivity index (χ4n) is 2.09. The van der Waals surface area contributed by atoms with Crippen molar-refractivity contribution in [3.05, 3.63) is 5.89 Å². The molecule has 1 aromatic heterocycles. The maximum Gasteiger partial charge on any atom is 0.303 e. The Morgan fingerprint density at radius 3 is 2.74 bits per heavy atom. The number of aromatic nitrogens is 2. The number of carboxylic acids is 1. The Hall–Kier alpha value is -1.63. The van der Waals surface area contributed by atoms with E-state index in [1.807, 2.05) is 18.7 Å². The van der Waals surface area contributed by atoms with Crippen molar-refractivity contribution in [1.29, 1.82) is 0 Å². The topological polar surface area (TPSA) is 88.7 Å². The lowest BCUT2D eigenvalue weighted by Crippen LogP contribution is -2.36. The molecule has 0 atom stereocenters. The molecule has 1 N–H and O–H groups in total. The van der Waals surface area contributed by atoms with E-state index in [9.17, 15) is 4.79 Å². The smallest absolute Gasteiger partial charge is 0.303 e. The van der Waals surface area contributed by atoms with Crippen molar-refractivity contribution >= 4 is 11.9 Å². The number of rotatable bonds is 5. The van der Waals surface area contributed by atoms with Gasteiger partial charge in [-0.25, -0.2) is 0 Å². The van der Waals surface area contributed by atoms with E-state index in [4.69, 9.17) is 14.4 Å². The largest absolute Gasteiger partial charge is 0.481 e. The summed E-state index contributed by atoms with van der Waals surface area (Å²) >= 11 is 0. The van der Waals surface area contributed by atoms with E-state index < -0.39 is 11.4 Å². The van der Waals surface area contributed by atoms with Crippen LogP contribution in [0, 0.1) is 5.41 Å². The van der Waals surface area contributed by atoms with Gasteiger partial charge in [-0.3, -0.25) is 4.79 Å². The molecule has 2 rings (SSSR count). The van der Waals surface area contributed by atoms with Gasteiger partial charge in [0, 0.05) is 19.5 Å². The molecule has 0 aliphatic carbocycles.